The molecular formula is C16H18N2O2. The number of carbonyl (C=O) groups is 1. The summed E-state index contributed by atoms with van der Waals surface area (Å²) in [6.07, 6.45) is 1.61. The number of rotatable bonds is 3. The number of aryl methyl sites for hydroxylation is 2. The summed E-state index contributed by atoms with van der Waals surface area (Å²) in [6.45, 7) is 4.44. The molecule has 1 aromatic heterocycles. The van der Waals surface area contributed by atoms with Gasteiger partial charge in [0.15, 0.2) is 0 Å². The molecular weight excluding hydrogens is 252 g/mol. The zero-order valence-corrected chi connectivity index (χ0v) is 12.0. The third-order valence-electron chi connectivity index (χ3n) is 3.32. The second kappa shape index (κ2) is 5.74. The van der Waals surface area contributed by atoms with Crippen molar-refractivity contribution in [3.05, 3.63) is 64.1 Å². The van der Waals surface area contributed by atoms with Crippen LogP contribution in [0.5, 0.6) is 0 Å². The molecule has 20 heavy (non-hydrogen) atoms. The molecule has 104 valence electrons. The Morgan fingerprint density at radius 3 is 2.55 bits per heavy atom. The van der Waals surface area contributed by atoms with Crippen LogP contribution in [0.15, 0.2) is 47.4 Å². The van der Waals surface area contributed by atoms with Crippen LogP contribution in [0.3, 0.4) is 0 Å². The lowest BCUT2D eigenvalue weighted by molar-refractivity contribution is 0.0988. The van der Waals surface area contributed by atoms with Crippen molar-refractivity contribution in [2.45, 2.75) is 13.8 Å². The zero-order chi connectivity index (χ0) is 14.7. The lowest BCUT2D eigenvalue weighted by Crippen LogP contribution is -2.32. The number of carbonyl (C=O) groups excluding carboxylic acids is 1. The van der Waals surface area contributed by atoms with Crippen LogP contribution >= 0.6 is 0 Å². The highest BCUT2D eigenvalue weighted by molar-refractivity contribution is 6.06. The second-order valence-corrected chi connectivity index (χ2v) is 4.70. The van der Waals surface area contributed by atoms with Gasteiger partial charge < -0.3 is 9.47 Å². The number of nitrogens with zero attached hydrogens (tertiary/aromatic N) is 2. The fourth-order valence-corrected chi connectivity index (χ4v) is 2.13. The van der Waals surface area contributed by atoms with E-state index in [1.165, 1.54) is 10.6 Å². The number of hydrogen-bond acceptors (Lipinski definition) is 2. The summed E-state index contributed by atoms with van der Waals surface area (Å²) < 4.78 is 1.45. The van der Waals surface area contributed by atoms with Crippen LogP contribution in [0.25, 0.3) is 0 Å². The van der Waals surface area contributed by atoms with E-state index in [-0.39, 0.29) is 11.5 Å². The molecule has 2 aromatic rings. The lowest BCUT2D eigenvalue weighted by atomic mass is 10.1. The molecule has 1 amide bonds. The minimum absolute atomic E-state index is 0.153. The van der Waals surface area contributed by atoms with Crippen molar-refractivity contribution < 1.29 is 4.79 Å². The van der Waals surface area contributed by atoms with Crippen LogP contribution in [0.1, 0.15) is 22.8 Å². The number of para-hydroxylation sites is 1. The zero-order valence-electron chi connectivity index (χ0n) is 12.0. The minimum atomic E-state index is -0.184. The molecule has 0 aliphatic rings. The Labute approximate surface area is 118 Å². The van der Waals surface area contributed by atoms with Crippen molar-refractivity contribution in [3.8, 4) is 0 Å². The molecule has 4 nitrogen and oxygen atoms in total. The highest BCUT2D eigenvalue weighted by atomic mass is 16.2. The van der Waals surface area contributed by atoms with E-state index in [9.17, 15) is 9.59 Å². The molecule has 0 atom stereocenters. The van der Waals surface area contributed by atoms with Gasteiger partial charge >= 0.3 is 0 Å². The van der Waals surface area contributed by atoms with Crippen molar-refractivity contribution >= 4 is 11.6 Å². The number of pyridine rings is 1. The van der Waals surface area contributed by atoms with Crippen molar-refractivity contribution in [1.29, 1.82) is 0 Å². The van der Waals surface area contributed by atoms with Gasteiger partial charge in [0.2, 0.25) is 0 Å². The summed E-state index contributed by atoms with van der Waals surface area (Å²) in [5, 5.41) is 0. The number of amides is 1. The van der Waals surface area contributed by atoms with Crippen molar-refractivity contribution in [1.82, 2.24) is 4.57 Å². The lowest BCUT2D eigenvalue weighted by Gasteiger charge is -2.23. The standard InChI is InChI=1S/C16H18N2O2/c1-4-18(14-8-6-5-7-12(14)2)16(20)13-9-10-17(3)15(19)11-13/h5-11H,4H2,1-3H3. The first-order valence-electron chi connectivity index (χ1n) is 6.58. The Morgan fingerprint density at radius 1 is 1.25 bits per heavy atom. The van der Waals surface area contributed by atoms with E-state index in [0.717, 1.165) is 11.3 Å². The highest BCUT2D eigenvalue weighted by Gasteiger charge is 2.17. The van der Waals surface area contributed by atoms with Crippen molar-refractivity contribution in [3.63, 3.8) is 0 Å². The average Bonchev–Trinajstić information content (AvgIpc) is 2.44. The normalized spacial score (nSPS) is 10.3. The van der Waals surface area contributed by atoms with Gasteiger partial charge in [-0.2, -0.15) is 0 Å². The van der Waals surface area contributed by atoms with Gasteiger partial charge in [-0.1, -0.05) is 18.2 Å². The third-order valence-corrected chi connectivity index (χ3v) is 3.32. The maximum Gasteiger partial charge on any atom is 0.258 e. The van der Waals surface area contributed by atoms with Gasteiger partial charge in [-0.05, 0) is 31.5 Å². The molecule has 2 rings (SSSR count). The Morgan fingerprint density at radius 2 is 1.95 bits per heavy atom. The summed E-state index contributed by atoms with van der Waals surface area (Å²) in [7, 11) is 1.66. The van der Waals surface area contributed by atoms with Crippen LogP contribution < -0.4 is 10.5 Å². The summed E-state index contributed by atoms with van der Waals surface area (Å²) in [5.41, 5.74) is 2.14. The quantitative estimate of drug-likeness (QED) is 0.859. The topological polar surface area (TPSA) is 42.3 Å². The van der Waals surface area contributed by atoms with E-state index in [4.69, 9.17) is 0 Å². The number of benzene rings is 1. The smallest absolute Gasteiger partial charge is 0.258 e. The van der Waals surface area contributed by atoms with E-state index in [2.05, 4.69) is 0 Å². The molecule has 0 unspecified atom stereocenters. The first-order chi connectivity index (χ1) is 9.54. The van der Waals surface area contributed by atoms with Gasteiger partial charge in [-0.3, -0.25) is 9.59 Å². The predicted molar refractivity (Wildman–Crippen MR) is 80.2 cm³/mol. The molecule has 1 heterocycles. The van der Waals surface area contributed by atoms with Gasteiger partial charge in [-0.25, -0.2) is 0 Å². The molecule has 0 spiro atoms. The minimum Gasteiger partial charge on any atom is -0.319 e. The summed E-state index contributed by atoms with van der Waals surface area (Å²) in [6, 6.07) is 10.8. The fraction of sp³-hybridized carbons (Fsp3) is 0.250. The van der Waals surface area contributed by atoms with E-state index >= 15 is 0 Å². The number of anilines is 1. The van der Waals surface area contributed by atoms with Crippen molar-refractivity contribution in [2.24, 2.45) is 7.05 Å². The molecule has 0 radical (unpaired) electrons. The SMILES string of the molecule is CCN(C(=O)c1ccn(C)c(=O)c1)c1ccccc1C. The van der Waals surface area contributed by atoms with Crippen LogP contribution in [0.2, 0.25) is 0 Å². The maximum absolute atomic E-state index is 12.6. The Kier molecular flexibility index (Phi) is 4.03. The Hall–Kier alpha value is -2.36. The average molecular weight is 270 g/mol. The Bertz CT molecular complexity index is 689. The fourth-order valence-electron chi connectivity index (χ4n) is 2.13. The molecule has 0 bridgehead atoms. The number of hydrogen-bond donors (Lipinski definition) is 0. The summed E-state index contributed by atoms with van der Waals surface area (Å²) >= 11 is 0. The molecule has 0 fully saturated rings. The third kappa shape index (κ3) is 2.64. The first kappa shape index (κ1) is 14.1. The van der Waals surface area contributed by atoms with E-state index in [0.29, 0.717) is 12.1 Å². The second-order valence-electron chi connectivity index (χ2n) is 4.70. The molecule has 0 N–H and O–H groups in total. The van der Waals surface area contributed by atoms with Gasteiger partial charge in [0.1, 0.15) is 0 Å². The largest absolute Gasteiger partial charge is 0.319 e. The Balaban J connectivity index is 2.42. The predicted octanol–water partition coefficient (Wildman–Crippen LogP) is 2.36. The molecule has 1 aromatic carbocycles. The van der Waals surface area contributed by atoms with Gasteiger partial charge in [0.05, 0.1) is 0 Å². The van der Waals surface area contributed by atoms with Crippen LogP contribution in [0.4, 0.5) is 5.69 Å². The molecule has 4 heteroatoms. The summed E-state index contributed by atoms with van der Waals surface area (Å²) in [4.78, 5) is 25.9. The van der Waals surface area contributed by atoms with Gasteiger partial charge in [-0.15, -0.1) is 0 Å². The molecule has 0 saturated carbocycles. The monoisotopic (exact) mass is 270 g/mol. The highest BCUT2D eigenvalue weighted by Crippen LogP contribution is 2.20. The molecule has 0 saturated heterocycles. The van der Waals surface area contributed by atoms with Gasteiger partial charge in [0, 0.05) is 37.1 Å². The van der Waals surface area contributed by atoms with Crippen LogP contribution in [-0.4, -0.2) is 17.0 Å². The van der Waals surface area contributed by atoms with Crippen LogP contribution in [0, 0.1) is 6.92 Å². The van der Waals surface area contributed by atoms with E-state index < -0.39 is 0 Å². The van der Waals surface area contributed by atoms with Crippen LogP contribution in [-0.2, 0) is 7.05 Å². The first-order valence-corrected chi connectivity index (χ1v) is 6.58. The van der Waals surface area contributed by atoms with Crippen molar-refractivity contribution in [2.75, 3.05) is 11.4 Å². The van der Waals surface area contributed by atoms with Gasteiger partial charge in [0.25, 0.3) is 11.5 Å². The van der Waals surface area contributed by atoms with E-state index in [1.54, 1.807) is 24.2 Å². The maximum atomic E-state index is 12.6. The molecule has 0 aliphatic heterocycles. The molecule has 0 aliphatic carbocycles. The van der Waals surface area contributed by atoms with E-state index in [1.807, 2.05) is 38.1 Å². The summed E-state index contributed by atoms with van der Waals surface area (Å²) in [5.74, 6) is -0.153. The number of aromatic nitrogens is 1.